The van der Waals surface area contributed by atoms with Crippen molar-refractivity contribution in [2.45, 2.75) is 65.4 Å². The molecule has 2 unspecified atom stereocenters. The van der Waals surface area contributed by atoms with Crippen LogP contribution in [0, 0.1) is 27.7 Å². The van der Waals surface area contributed by atoms with E-state index in [1.807, 2.05) is 20.8 Å². The number of carboxylic acids is 1. The lowest BCUT2D eigenvalue weighted by molar-refractivity contribution is -0.173. The van der Waals surface area contributed by atoms with Gasteiger partial charge in [-0.2, -0.15) is 0 Å². The molecule has 126 valence electrons. The minimum Gasteiger partial charge on any atom is -0.481 e. The number of ether oxygens (including phenoxy) is 1. The Kier molecular flexibility index (Phi) is 4.73. The van der Waals surface area contributed by atoms with Crippen molar-refractivity contribution in [3.05, 3.63) is 45.9 Å². The molecular weight excluding hydrogens is 292 g/mol. The van der Waals surface area contributed by atoms with E-state index in [2.05, 4.69) is 19.9 Å². The number of carbonyl (C=O) groups is 1. The summed E-state index contributed by atoms with van der Waals surface area (Å²) in [6, 6.07) is 2.08. The fourth-order valence-electron chi connectivity index (χ4n) is 3.64. The largest absolute Gasteiger partial charge is 0.481 e. The summed E-state index contributed by atoms with van der Waals surface area (Å²) in [7, 11) is 0. The van der Waals surface area contributed by atoms with E-state index in [-0.39, 0.29) is 11.9 Å². The molecule has 0 aliphatic carbocycles. The van der Waals surface area contributed by atoms with Gasteiger partial charge in [-0.1, -0.05) is 13.0 Å². The van der Waals surface area contributed by atoms with E-state index in [9.17, 15) is 15.0 Å². The van der Waals surface area contributed by atoms with Crippen molar-refractivity contribution in [2.75, 3.05) is 0 Å². The van der Waals surface area contributed by atoms with Crippen molar-refractivity contribution in [2.24, 2.45) is 0 Å². The highest BCUT2D eigenvalue weighted by Crippen LogP contribution is 2.43. The van der Waals surface area contributed by atoms with Gasteiger partial charge in [0.25, 0.3) is 5.95 Å². The number of hydrogen-bond donors (Lipinski definition) is 2. The van der Waals surface area contributed by atoms with Gasteiger partial charge in [-0.25, -0.2) is 4.79 Å². The summed E-state index contributed by atoms with van der Waals surface area (Å²) >= 11 is 0. The molecule has 1 aliphatic rings. The summed E-state index contributed by atoms with van der Waals surface area (Å²) in [5.41, 5.74) is 4.28. The highest BCUT2D eigenvalue weighted by atomic mass is 16.6. The molecule has 4 nitrogen and oxygen atoms in total. The van der Waals surface area contributed by atoms with Crippen LogP contribution in [0.4, 0.5) is 0 Å². The topological polar surface area (TPSA) is 66.8 Å². The van der Waals surface area contributed by atoms with Crippen LogP contribution in [0.5, 0.6) is 0 Å². The number of aliphatic hydroxyl groups excluding tert-OH is 1. The number of aryl methyl sites for hydroxylation is 1. The third-order valence-electron chi connectivity index (χ3n) is 5.35. The summed E-state index contributed by atoms with van der Waals surface area (Å²) in [6.45, 7) is 10.2. The van der Waals surface area contributed by atoms with Crippen LogP contribution in [0.3, 0.4) is 0 Å². The molecule has 0 fully saturated rings. The van der Waals surface area contributed by atoms with Crippen LogP contribution in [0.15, 0.2) is 18.1 Å². The van der Waals surface area contributed by atoms with Crippen LogP contribution >= 0.6 is 0 Å². The second-order valence-electron chi connectivity index (χ2n) is 6.50. The SMILES string of the molecule is CCC(c1cc(C)c(C)c(C)c1C)C1(C(=O)O)CCC=C(O)O1. The fraction of sp³-hybridized carbons (Fsp3) is 0.526. The van der Waals surface area contributed by atoms with Gasteiger partial charge in [0.05, 0.1) is 0 Å². The molecular formula is C19H26O4. The molecule has 0 aromatic heterocycles. The van der Waals surface area contributed by atoms with Crippen molar-refractivity contribution in [1.29, 1.82) is 0 Å². The Balaban J connectivity index is 2.63. The number of aliphatic carboxylic acids is 1. The van der Waals surface area contributed by atoms with Gasteiger partial charge in [-0.15, -0.1) is 0 Å². The lowest BCUT2D eigenvalue weighted by atomic mass is 9.74. The van der Waals surface area contributed by atoms with E-state index in [0.717, 1.165) is 16.7 Å². The molecule has 4 heteroatoms. The number of aliphatic hydroxyl groups is 1. The number of hydrogen-bond acceptors (Lipinski definition) is 3. The summed E-state index contributed by atoms with van der Waals surface area (Å²) in [5, 5.41) is 19.7. The molecule has 2 N–H and O–H groups in total. The molecule has 0 bridgehead atoms. The van der Waals surface area contributed by atoms with Gasteiger partial charge in [0, 0.05) is 12.3 Å². The zero-order valence-electron chi connectivity index (χ0n) is 14.6. The van der Waals surface area contributed by atoms with Crippen molar-refractivity contribution < 1.29 is 19.7 Å². The molecule has 1 aromatic rings. The molecule has 2 rings (SSSR count). The van der Waals surface area contributed by atoms with Crippen LogP contribution in [0.25, 0.3) is 0 Å². The number of allylic oxidation sites excluding steroid dienone is 1. The Morgan fingerprint density at radius 2 is 1.91 bits per heavy atom. The zero-order valence-corrected chi connectivity index (χ0v) is 14.6. The molecule has 1 aromatic carbocycles. The van der Waals surface area contributed by atoms with Gasteiger partial charge in [-0.05, 0) is 74.4 Å². The maximum atomic E-state index is 12.1. The molecule has 23 heavy (non-hydrogen) atoms. The predicted molar refractivity (Wildman–Crippen MR) is 89.8 cm³/mol. The van der Waals surface area contributed by atoms with Crippen LogP contribution in [-0.2, 0) is 9.53 Å². The van der Waals surface area contributed by atoms with Crippen molar-refractivity contribution in [3.8, 4) is 0 Å². The van der Waals surface area contributed by atoms with Crippen molar-refractivity contribution in [1.82, 2.24) is 0 Å². The van der Waals surface area contributed by atoms with Crippen LogP contribution in [-0.4, -0.2) is 21.8 Å². The van der Waals surface area contributed by atoms with Crippen LogP contribution < -0.4 is 0 Å². The first-order chi connectivity index (χ1) is 10.7. The van der Waals surface area contributed by atoms with Crippen molar-refractivity contribution >= 4 is 5.97 Å². The first-order valence-electron chi connectivity index (χ1n) is 8.13. The van der Waals surface area contributed by atoms with Gasteiger partial charge < -0.3 is 14.9 Å². The molecule has 0 radical (unpaired) electrons. The first kappa shape index (κ1) is 17.4. The minimum absolute atomic E-state index is 0.282. The normalized spacial score (nSPS) is 22.2. The average molecular weight is 318 g/mol. The van der Waals surface area contributed by atoms with E-state index in [0.29, 0.717) is 19.3 Å². The Bertz CT molecular complexity index is 660. The molecule has 0 saturated heterocycles. The first-order valence-corrected chi connectivity index (χ1v) is 8.13. The maximum Gasteiger partial charge on any atom is 0.348 e. The van der Waals surface area contributed by atoms with Gasteiger partial charge in [0.2, 0.25) is 5.60 Å². The lowest BCUT2D eigenvalue weighted by Crippen LogP contribution is -2.48. The van der Waals surface area contributed by atoms with Gasteiger partial charge in [0.15, 0.2) is 0 Å². The minimum atomic E-state index is -1.41. The molecule has 1 heterocycles. The molecule has 2 atom stereocenters. The molecule has 0 amide bonds. The van der Waals surface area contributed by atoms with Crippen molar-refractivity contribution in [3.63, 3.8) is 0 Å². The smallest absolute Gasteiger partial charge is 0.348 e. The predicted octanol–water partition coefficient (Wildman–Crippen LogP) is 4.45. The van der Waals surface area contributed by atoms with Gasteiger partial charge >= 0.3 is 5.97 Å². The summed E-state index contributed by atoms with van der Waals surface area (Å²) in [6.07, 6.45) is 3.02. The van der Waals surface area contributed by atoms with Gasteiger partial charge in [0.1, 0.15) is 0 Å². The van der Waals surface area contributed by atoms with E-state index in [1.165, 1.54) is 17.2 Å². The third-order valence-corrected chi connectivity index (χ3v) is 5.35. The Morgan fingerprint density at radius 1 is 1.26 bits per heavy atom. The number of carboxylic acid groups (broad SMARTS) is 1. The fourth-order valence-corrected chi connectivity index (χ4v) is 3.64. The molecule has 0 spiro atoms. The maximum absolute atomic E-state index is 12.1. The van der Waals surface area contributed by atoms with E-state index in [4.69, 9.17) is 4.74 Å². The summed E-state index contributed by atoms with van der Waals surface area (Å²) in [4.78, 5) is 12.1. The standard InChI is InChI=1S/C19H26O4/c1-6-16(15-10-11(2)12(3)13(4)14(15)5)19(18(21)22)9-7-8-17(20)23-19/h8,10,16,20H,6-7,9H2,1-5H3,(H,21,22). The second-order valence-corrected chi connectivity index (χ2v) is 6.50. The van der Waals surface area contributed by atoms with Gasteiger partial charge in [-0.3, -0.25) is 0 Å². The zero-order chi connectivity index (χ0) is 17.4. The summed E-state index contributed by atoms with van der Waals surface area (Å²) in [5.74, 6) is -1.61. The summed E-state index contributed by atoms with van der Waals surface area (Å²) < 4.78 is 5.52. The third kappa shape index (κ3) is 2.82. The highest BCUT2D eigenvalue weighted by molar-refractivity contribution is 5.80. The monoisotopic (exact) mass is 318 g/mol. The van der Waals surface area contributed by atoms with E-state index in [1.54, 1.807) is 0 Å². The second kappa shape index (κ2) is 6.26. The van der Waals surface area contributed by atoms with E-state index >= 15 is 0 Å². The number of benzene rings is 1. The molecule has 1 aliphatic heterocycles. The Morgan fingerprint density at radius 3 is 2.43 bits per heavy atom. The Hall–Kier alpha value is -1.97. The highest BCUT2D eigenvalue weighted by Gasteiger charge is 2.50. The van der Waals surface area contributed by atoms with E-state index < -0.39 is 11.6 Å². The lowest BCUT2D eigenvalue weighted by Gasteiger charge is -2.39. The quantitative estimate of drug-likeness (QED) is 0.861. The van der Waals surface area contributed by atoms with Crippen LogP contribution in [0.1, 0.15) is 59.9 Å². The average Bonchev–Trinajstić information content (AvgIpc) is 2.50. The van der Waals surface area contributed by atoms with Crippen LogP contribution in [0.2, 0.25) is 0 Å². The molecule has 0 saturated carbocycles. The Labute approximate surface area is 137 Å². The number of rotatable bonds is 4.